The fourth-order valence-corrected chi connectivity index (χ4v) is 2.90. The van der Waals surface area contributed by atoms with Crippen LogP contribution in [0.5, 0.6) is 5.75 Å². The highest BCUT2D eigenvalue weighted by Gasteiger charge is 2.07. The third-order valence-corrected chi connectivity index (χ3v) is 4.19. The second kappa shape index (κ2) is 11.0. The molecule has 0 saturated heterocycles. The minimum atomic E-state index is -3.33. The molecule has 0 aromatic heterocycles. The van der Waals surface area contributed by atoms with E-state index >= 15 is 0 Å². The van der Waals surface area contributed by atoms with Crippen molar-refractivity contribution in [2.75, 3.05) is 25.1 Å². The van der Waals surface area contributed by atoms with E-state index in [9.17, 15) is 8.42 Å². The van der Waals surface area contributed by atoms with Gasteiger partial charge in [0.15, 0.2) is 5.96 Å². The van der Waals surface area contributed by atoms with E-state index in [0.717, 1.165) is 23.1 Å². The van der Waals surface area contributed by atoms with Crippen LogP contribution in [0.25, 0.3) is 0 Å². The number of para-hydroxylation sites is 1. The van der Waals surface area contributed by atoms with Crippen molar-refractivity contribution in [3.8, 4) is 5.75 Å². The first-order valence-corrected chi connectivity index (χ1v) is 9.93. The van der Waals surface area contributed by atoms with Gasteiger partial charge in [-0.15, -0.1) is 24.0 Å². The summed E-state index contributed by atoms with van der Waals surface area (Å²) in [6, 6.07) is 15.0. The van der Waals surface area contributed by atoms with Gasteiger partial charge in [-0.1, -0.05) is 30.3 Å². The van der Waals surface area contributed by atoms with Gasteiger partial charge in [0.05, 0.1) is 19.1 Å². The molecular weight excluding hydrogens is 479 g/mol. The molecule has 0 fully saturated rings. The van der Waals surface area contributed by atoms with Gasteiger partial charge in [0, 0.05) is 20.1 Å². The Balaban J connectivity index is 0.00000364. The summed E-state index contributed by atoms with van der Waals surface area (Å²) in [7, 11) is -0.0108. The van der Waals surface area contributed by atoms with Crippen LogP contribution in [-0.2, 0) is 23.1 Å². The Morgan fingerprint density at radius 3 is 2.26 bits per heavy atom. The van der Waals surface area contributed by atoms with E-state index < -0.39 is 10.0 Å². The lowest BCUT2D eigenvalue weighted by molar-refractivity contribution is 0.414. The van der Waals surface area contributed by atoms with Crippen molar-refractivity contribution in [2.45, 2.75) is 13.1 Å². The summed E-state index contributed by atoms with van der Waals surface area (Å²) in [6.45, 7) is 1.04. The normalized spacial score (nSPS) is 11.3. The Labute approximate surface area is 177 Å². The maximum atomic E-state index is 11.5. The van der Waals surface area contributed by atoms with Gasteiger partial charge < -0.3 is 15.4 Å². The number of sulfonamides is 1. The van der Waals surface area contributed by atoms with E-state index in [2.05, 4.69) is 20.3 Å². The molecular formula is C18H25IN4O3S. The van der Waals surface area contributed by atoms with Crippen molar-refractivity contribution in [3.05, 3.63) is 59.7 Å². The van der Waals surface area contributed by atoms with Gasteiger partial charge in [-0.3, -0.25) is 9.71 Å². The maximum Gasteiger partial charge on any atom is 0.229 e. The molecule has 0 heterocycles. The van der Waals surface area contributed by atoms with E-state index in [0.29, 0.717) is 24.7 Å². The zero-order valence-electron chi connectivity index (χ0n) is 15.5. The van der Waals surface area contributed by atoms with Crippen LogP contribution in [0, 0.1) is 0 Å². The Bertz CT molecular complexity index is 855. The summed E-state index contributed by atoms with van der Waals surface area (Å²) in [4.78, 5) is 4.19. The Morgan fingerprint density at radius 1 is 1.04 bits per heavy atom. The SMILES string of the molecule is CN=C(NCc1ccc(OC)cc1)NCc1ccccc1NS(C)(=O)=O.I. The van der Waals surface area contributed by atoms with Crippen molar-refractivity contribution < 1.29 is 13.2 Å². The molecule has 0 aliphatic carbocycles. The molecule has 148 valence electrons. The van der Waals surface area contributed by atoms with Gasteiger partial charge in [0.2, 0.25) is 10.0 Å². The zero-order valence-corrected chi connectivity index (χ0v) is 18.7. The number of hydrogen-bond donors (Lipinski definition) is 3. The Hall–Kier alpha value is -2.01. The second-order valence-electron chi connectivity index (χ2n) is 5.66. The maximum absolute atomic E-state index is 11.5. The number of aliphatic imine (C=N–C) groups is 1. The zero-order chi connectivity index (χ0) is 19.0. The fraction of sp³-hybridized carbons (Fsp3) is 0.278. The Kier molecular flexibility index (Phi) is 9.36. The number of nitrogens with zero attached hydrogens (tertiary/aromatic N) is 1. The molecule has 0 bridgehead atoms. The highest BCUT2D eigenvalue weighted by Crippen LogP contribution is 2.16. The molecule has 27 heavy (non-hydrogen) atoms. The summed E-state index contributed by atoms with van der Waals surface area (Å²) < 4.78 is 30.6. The van der Waals surface area contributed by atoms with Crippen LogP contribution in [0.1, 0.15) is 11.1 Å². The third-order valence-electron chi connectivity index (χ3n) is 3.60. The van der Waals surface area contributed by atoms with Crippen LogP contribution in [0.3, 0.4) is 0 Å². The van der Waals surface area contributed by atoms with Crippen LogP contribution in [0.2, 0.25) is 0 Å². The van der Waals surface area contributed by atoms with Crippen molar-refractivity contribution in [2.24, 2.45) is 4.99 Å². The van der Waals surface area contributed by atoms with Crippen LogP contribution in [0.4, 0.5) is 5.69 Å². The third kappa shape index (κ3) is 8.04. The van der Waals surface area contributed by atoms with Crippen LogP contribution in [0.15, 0.2) is 53.5 Å². The predicted octanol–water partition coefficient (Wildman–Crippen LogP) is 2.55. The number of ether oxygens (including phenoxy) is 1. The second-order valence-corrected chi connectivity index (χ2v) is 7.41. The van der Waals surface area contributed by atoms with Gasteiger partial charge in [0.25, 0.3) is 0 Å². The predicted molar refractivity (Wildman–Crippen MR) is 120 cm³/mol. The summed E-state index contributed by atoms with van der Waals surface area (Å²) in [5, 5.41) is 6.40. The van der Waals surface area contributed by atoms with Gasteiger partial charge in [0.1, 0.15) is 5.75 Å². The molecule has 0 unspecified atom stereocenters. The average molecular weight is 504 g/mol. The molecule has 0 aliphatic heterocycles. The first kappa shape index (κ1) is 23.0. The lowest BCUT2D eigenvalue weighted by atomic mass is 10.2. The van der Waals surface area contributed by atoms with Crippen LogP contribution < -0.4 is 20.1 Å². The molecule has 0 spiro atoms. The van der Waals surface area contributed by atoms with E-state index in [1.165, 1.54) is 0 Å². The van der Waals surface area contributed by atoms with Crippen molar-refractivity contribution in [1.29, 1.82) is 0 Å². The number of methoxy groups -OCH3 is 1. The highest BCUT2D eigenvalue weighted by molar-refractivity contribution is 14.0. The number of rotatable bonds is 7. The standard InChI is InChI=1S/C18H24N4O3S.HI/c1-19-18(20-12-14-8-10-16(25-2)11-9-14)21-13-15-6-4-5-7-17(15)22-26(3,23)24;/h4-11,22H,12-13H2,1-3H3,(H2,19,20,21);1H. The molecule has 3 N–H and O–H groups in total. The smallest absolute Gasteiger partial charge is 0.229 e. The number of benzene rings is 2. The quantitative estimate of drug-likeness (QED) is 0.306. The molecule has 0 amide bonds. The number of nitrogens with one attached hydrogen (secondary N) is 3. The summed E-state index contributed by atoms with van der Waals surface area (Å²) in [5.41, 5.74) is 2.46. The van der Waals surface area contributed by atoms with E-state index in [4.69, 9.17) is 4.74 Å². The monoisotopic (exact) mass is 504 g/mol. The lowest BCUT2D eigenvalue weighted by Crippen LogP contribution is -2.36. The highest BCUT2D eigenvalue weighted by atomic mass is 127. The number of hydrogen-bond acceptors (Lipinski definition) is 4. The van der Waals surface area contributed by atoms with Gasteiger partial charge in [-0.25, -0.2) is 8.42 Å². The average Bonchev–Trinajstić information content (AvgIpc) is 2.62. The first-order chi connectivity index (χ1) is 12.4. The molecule has 0 aliphatic rings. The van der Waals surface area contributed by atoms with Crippen molar-refractivity contribution in [3.63, 3.8) is 0 Å². The van der Waals surface area contributed by atoms with Gasteiger partial charge in [-0.2, -0.15) is 0 Å². The minimum Gasteiger partial charge on any atom is -0.497 e. The number of anilines is 1. The topological polar surface area (TPSA) is 91.8 Å². The van der Waals surface area contributed by atoms with Crippen molar-refractivity contribution in [1.82, 2.24) is 10.6 Å². The van der Waals surface area contributed by atoms with Crippen molar-refractivity contribution >= 4 is 45.6 Å². The van der Waals surface area contributed by atoms with E-state index in [1.807, 2.05) is 36.4 Å². The largest absolute Gasteiger partial charge is 0.497 e. The van der Waals surface area contributed by atoms with E-state index in [1.54, 1.807) is 26.3 Å². The molecule has 0 radical (unpaired) electrons. The molecule has 7 nitrogen and oxygen atoms in total. The fourth-order valence-electron chi connectivity index (χ4n) is 2.30. The van der Waals surface area contributed by atoms with Gasteiger partial charge >= 0.3 is 0 Å². The molecule has 2 aromatic rings. The molecule has 0 saturated carbocycles. The lowest BCUT2D eigenvalue weighted by Gasteiger charge is -2.15. The van der Waals surface area contributed by atoms with Crippen LogP contribution in [-0.4, -0.2) is 34.8 Å². The molecule has 9 heteroatoms. The number of halogens is 1. The minimum absolute atomic E-state index is 0. The summed E-state index contributed by atoms with van der Waals surface area (Å²) >= 11 is 0. The Morgan fingerprint density at radius 2 is 1.67 bits per heavy atom. The summed E-state index contributed by atoms with van der Waals surface area (Å²) in [5.74, 6) is 1.43. The van der Waals surface area contributed by atoms with E-state index in [-0.39, 0.29) is 24.0 Å². The molecule has 2 aromatic carbocycles. The van der Waals surface area contributed by atoms with Crippen LogP contribution >= 0.6 is 24.0 Å². The van der Waals surface area contributed by atoms with Gasteiger partial charge in [-0.05, 0) is 29.3 Å². The molecule has 0 atom stereocenters. The summed E-state index contributed by atoms with van der Waals surface area (Å²) in [6.07, 6.45) is 1.13. The first-order valence-electron chi connectivity index (χ1n) is 8.04. The number of guanidine groups is 1. The molecule has 2 rings (SSSR count).